The fourth-order valence-electron chi connectivity index (χ4n) is 1.48. The van der Waals surface area contributed by atoms with Crippen LogP contribution >= 0.6 is 12.2 Å². The molecule has 1 aromatic carbocycles. The van der Waals surface area contributed by atoms with Crippen molar-refractivity contribution in [3.8, 4) is 0 Å². The lowest BCUT2D eigenvalue weighted by molar-refractivity contribution is -0.121. The van der Waals surface area contributed by atoms with Gasteiger partial charge < -0.3 is 11.1 Å². The van der Waals surface area contributed by atoms with Crippen LogP contribution in [0.15, 0.2) is 24.3 Å². The number of hydrogen-bond acceptors (Lipinski definition) is 2. The molecule has 0 saturated carbocycles. The second-order valence-electron chi connectivity index (χ2n) is 4.44. The van der Waals surface area contributed by atoms with Gasteiger partial charge in [-0.2, -0.15) is 0 Å². The van der Waals surface area contributed by atoms with Gasteiger partial charge in [0.05, 0.1) is 0 Å². The topological polar surface area (TPSA) is 55.1 Å². The van der Waals surface area contributed by atoms with Crippen molar-refractivity contribution in [1.82, 2.24) is 5.32 Å². The molecule has 0 heterocycles. The van der Waals surface area contributed by atoms with Crippen LogP contribution in [0.4, 0.5) is 0 Å². The third-order valence-electron chi connectivity index (χ3n) is 2.29. The lowest BCUT2D eigenvalue weighted by Gasteiger charge is -2.08. The number of thiocarbonyl (C=S) groups is 1. The summed E-state index contributed by atoms with van der Waals surface area (Å²) in [5.41, 5.74) is 7.38. The van der Waals surface area contributed by atoms with Gasteiger partial charge in [0.1, 0.15) is 4.99 Å². The number of carbonyl (C=O) groups excluding carboxylic acids is 1. The average molecular weight is 250 g/mol. The van der Waals surface area contributed by atoms with Crippen molar-refractivity contribution in [2.24, 2.45) is 11.7 Å². The average Bonchev–Trinajstić information content (AvgIpc) is 2.26. The van der Waals surface area contributed by atoms with Gasteiger partial charge in [0, 0.05) is 18.5 Å². The second kappa shape index (κ2) is 6.35. The minimum Gasteiger partial charge on any atom is -0.389 e. The molecule has 1 rings (SSSR count). The summed E-state index contributed by atoms with van der Waals surface area (Å²) < 4.78 is 0. The van der Waals surface area contributed by atoms with Crippen LogP contribution in [-0.4, -0.2) is 10.9 Å². The molecule has 17 heavy (non-hydrogen) atoms. The van der Waals surface area contributed by atoms with Crippen molar-refractivity contribution in [3.05, 3.63) is 35.4 Å². The highest BCUT2D eigenvalue weighted by atomic mass is 32.1. The molecule has 0 fully saturated rings. The molecule has 1 amide bonds. The molecule has 0 bridgehead atoms. The molecule has 3 nitrogen and oxygen atoms in total. The van der Waals surface area contributed by atoms with Gasteiger partial charge in [-0.25, -0.2) is 0 Å². The van der Waals surface area contributed by atoms with Crippen molar-refractivity contribution in [2.75, 3.05) is 0 Å². The van der Waals surface area contributed by atoms with Crippen molar-refractivity contribution in [2.45, 2.75) is 26.8 Å². The molecule has 0 aliphatic rings. The predicted octanol–water partition coefficient (Wildman–Crippen LogP) is 1.98. The van der Waals surface area contributed by atoms with Crippen molar-refractivity contribution in [1.29, 1.82) is 0 Å². The monoisotopic (exact) mass is 250 g/mol. The Morgan fingerprint density at radius 1 is 1.47 bits per heavy atom. The smallest absolute Gasteiger partial charge is 0.220 e. The van der Waals surface area contributed by atoms with Crippen LogP contribution in [0.1, 0.15) is 31.4 Å². The van der Waals surface area contributed by atoms with Crippen molar-refractivity contribution >= 4 is 23.1 Å². The van der Waals surface area contributed by atoms with E-state index in [0.29, 0.717) is 23.9 Å². The molecule has 92 valence electrons. The number of carbonyl (C=O) groups is 1. The molecule has 4 heteroatoms. The summed E-state index contributed by atoms with van der Waals surface area (Å²) in [6, 6.07) is 7.59. The highest BCUT2D eigenvalue weighted by Crippen LogP contribution is 2.05. The van der Waals surface area contributed by atoms with E-state index >= 15 is 0 Å². The van der Waals surface area contributed by atoms with Crippen LogP contribution in [0.5, 0.6) is 0 Å². The van der Waals surface area contributed by atoms with Crippen LogP contribution in [0.3, 0.4) is 0 Å². The zero-order valence-corrected chi connectivity index (χ0v) is 11.0. The zero-order chi connectivity index (χ0) is 12.8. The molecule has 0 radical (unpaired) electrons. The number of rotatable bonds is 5. The largest absolute Gasteiger partial charge is 0.389 e. The minimum atomic E-state index is 0.0701. The van der Waals surface area contributed by atoms with Gasteiger partial charge in [0.15, 0.2) is 0 Å². The Hall–Kier alpha value is -1.42. The van der Waals surface area contributed by atoms with Gasteiger partial charge in [-0.05, 0) is 17.5 Å². The Bertz CT molecular complexity index is 416. The highest BCUT2D eigenvalue weighted by molar-refractivity contribution is 7.80. The SMILES string of the molecule is CC(C)CC(=O)NCc1cccc(C(N)=S)c1. The Morgan fingerprint density at radius 2 is 2.18 bits per heavy atom. The van der Waals surface area contributed by atoms with Gasteiger partial charge in [0.2, 0.25) is 5.91 Å². The lowest BCUT2D eigenvalue weighted by Crippen LogP contribution is -2.24. The van der Waals surface area contributed by atoms with Crippen LogP contribution < -0.4 is 11.1 Å². The summed E-state index contributed by atoms with van der Waals surface area (Å²) in [7, 11) is 0. The Labute approximate surface area is 107 Å². The first kappa shape index (κ1) is 13.6. The first-order chi connectivity index (χ1) is 7.99. The van der Waals surface area contributed by atoms with Gasteiger partial charge in [-0.15, -0.1) is 0 Å². The summed E-state index contributed by atoms with van der Waals surface area (Å²) in [6.45, 7) is 4.56. The quantitative estimate of drug-likeness (QED) is 0.786. The van der Waals surface area contributed by atoms with E-state index in [1.165, 1.54) is 0 Å². The Balaban J connectivity index is 2.54. The van der Waals surface area contributed by atoms with Crippen LogP contribution in [-0.2, 0) is 11.3 Å². The van der Waals surface area contributed by atoms with Crippen molar-refractivity contribution in [3.63, 3.8) is 0 Å². The third-order valence-corrected chi connectivity index (χ3v) is 2.53. The number of nitrogens with one attached hydrogen (secondary N) is 1. The van der Waals surface area contributed by atoms with Gasteiger partial charge in [0.25, 0.3) is 0 Å². The molecule has 1 aromatic rings. The predicted molar refractivity (Wildman–Crippen MR) is 73.6 cm³/mol. The van der Waals surface area contributed by atoms with Gasteiger partial charge in [-0.1, -0.05) is 44.3 Å². The number of hydrogen-bond donors (Lipinski definition) is 2. The molecule has 0 unspecified atom stereocenters. The summed E-state index contributed by atoms with van der Waals surface area (Å²) in [4.78, 5) is 11.9. The normalized spacial score (nSPS) is 10.3. The number of nitrogens with two attached hydrogens (primary N) is 1. The van der Waals surface area contributed by atoms with Gasteiger partial charge >= 0.3 is 0 Å². The van der Waals surface area contributed by atoms with E-state index in [2.05, 4.69) is 5.32 Å². The van der Waals surface area contributed by atoms with Crippen LogP contribution in [0.25, 0.3) is 0 Å². The molecular formula is C13H18N2OS. The summed E-state index contributed by atoms with van der Waals surface area (Å²) in [6.07, 6.45) is 0.551. The second-order valence-corrected chi connectivity index (χ2v) is 4.88. The van der Waals surface area contributed by atoms with E-state index < -0.39 is 0 Å². The number of amides is 1. The summed E-state index contributed by atoms with van der Waals surface area (Å²) >= 11 is 4.90. The van der Waals surface area contributed by atoms with E-state index in [4.69, 9.17) is 18.0 Å². The molecule has 3 N–H and O–H groups in total. The maximum atomic E-state index is 11.5. The summed E-state index contributed by atoms with van der Waals surface area (Å²) in [5.74, 6) is 0.443. The molecular weight excluding hydrogens is 232 g/mol. The molecule has 0 aromatic heterocycles. The van der Waals surface area contributed by atoms with Crippen LogP contribution in [0, 0.1) is 5.92 Å². The van der Waals surface area contributed by atoms with E-state index in [9.17, 15) is 4.79 Å². The van der Waals surface area contributed by atoms with Crippen LogP contribution in [0.2, 0.25) is 0 Å². The fourth-order valence-corrected chi connectivity index (χ4v) is 1.61. The Kier molecular flexibility index (Phi) is 5.10. The van der Waals surface area contributed by atoms with E-state index in [0.717, 1.165) is 11.1 Å². The number of benzene rings is 1. The fraction of sp³-hybridized carbons (Fsp3) is 0.385. The third kappa shape index (κ3) is 4.95. The molecule has 0 saturated heterocycles. The van der Waals surface area contributed by atoms with E-state index in [1.54, 1.807) is 0 Å². The molecule has 0 aliphatic carbocycles. The zero-order valence-electron chi connectivity index (χ0n) is 10.2. The lowest BCUT2D eigenvalue weighted by atomic mass is 10.1. The Morgan fingerprint density at radius 3 is 2.76 bits per heavy atom. The van der Waals surface area contributed by atoms with Gasteiger partial charge in [-0.3, -0.25) is 4.79 Å². The highest BCUT2D eigenvalue weighted by Gasteiger charge is 2.04. The summed E-state index contributed by atoms with van der Waals surface area (Å²) in [5, 5.41) is 2.87. The maximum Gasteiger partial charge on any atom is 0.220 e. The minimum absolute atomic E-state index is 0.0701. The van der Waals surface area contributed by atoms with E-state index in [-0.39, 0.29) is 5.91 Å². The molecule has 0 aliphatic heterocycles. The standard InChI is InChI=1S/C13H18N2OS/c1-9(2)6-12(16)15-8-10-4-3-5-11(7-10)13(14)17/h3-5,7,9H,6,8H2,1-2H3,(H2,14,17)(H,15,16). The molecule has 0 atom stereocenters. The first-order valence-electron chi connectivity index (χ1n) is 5.64. The molecule has 0 spiro atoms. The van der Waals surface area contributed by atoms with Crippen molar-refractivity contribution < 1.29 is 4.79 Å². The maximum absolute atomic E-state index is 11.5. The first-order valence-corrected chi connectivity index (χ1v) is 6.05. The van der Waals surface area contributed by atoms with E-state index in [1.807, 2.05) is 38.1 Å².